The Hall–Kier alpha value is -1.20. The number of halogens is 3. The molecule has 1 rings (SSSR count). The zero-order valence-corrected chi connectivity index (χ0v) is 10.5. The van der Waals surface area contributed by atoms with Gasteiger partial charge >= 0.3 is 5.97 Å². The fourth-order valence-electron chi connectivity index (χ4n) is 1.54. The van der Waals surface area contributed by atoms with Gasteiger partial charge in [0.05, 0.1) is 0 Å². The van der Waals surface area contributed by atoms with Crippen molar-refractivity contribution < 1.29 is 18.7 Å². The first-order valence-electron chi connectivity index (χ1n) is 5.37. The molecule has 0 saturated heterocycles. The summed E-state index contributed by atoms with van der Waals surface area (Å²) in [5.41, 5.74) is 6.05. The predicted molar refractivity (Wildman–Crippen MR) is 64.8 cm³/mol. The molecular weight excluding hydrogens is 264 g/mol. The molecule has 0 bridgehead atoms. The maximum Gasteiger partial charge on any atom is 0.303 e. The number of hydrogen-bond donors (Lipinski definition) is 2. The van der Waals surface area contributed by atoms with Crippen LogP contribution in [-0.2, 0) is 10.7 Å². The van der Waals surface area contributed by atoms with Crippen LogP contribution in [0.5, 0.6) is 0 Å². The zero-order valence-electron chi connectivity index (χ0n) is 9.79. The van der Waals surface area contributed by atoms with Gasteiger partial charge in [0.15, 0.2) is 0 Å². The highest BCUT2D eigenvalue weighted by atomic mass is 35.5. The van der Waals surface area contributed by atoms with Crippen LogP contribution >= 0.6 is 11.6 Å². The Labute approximate surface area is 109 Å². The first-order valence-corrected chi connectivity index (χ1v) is 5.74. The molecule has 0 heterocycles. The molecule has 0 aliphatic heterocycles. The third-order valence-electron chi connectivity index (χ3n) is 2.58. The average Bonchev–Trinajstić information content (AvgIpc) is 2.24. The standard InChI is InChI=1S/C12H14ClF2NO2/c1-12(14,15)7-2-3-8(9(13)6-7)10(16)4-5-11(17)18/h2-3,6,10H,4-5,16H2,1H3,(H,17,18). The van der Waals surface area contributed by atoms with Crippen LogP contribution < -0.4 is 5.73 Å². The van der Waals surface area contributed by atoms with Crippen LogP contribution in [0.4, 0.5) is 8.78 Å². The zero-order chi connectivity index (χ0) is 13.9. The largest absolute Gasteiger partial charge is 0.481 e. The van der Waals surface area contributed by atoms with Crippen LogP contribution in [0.3, 0.4) is 0 Å². The maximum absolute atomic E-state index is 13.1. The van der Waals surface area contributed by atoms with Crippen LogP contribution in [0, 0.1) is 0 Å². The molecule has 0 fully saturated rings. The van der Waals surface area contributed by atoms with E-state index in [2.05, 4.69) is 0 Å². The number of hydrogen-bond acceptors (Lipinski definition) is 2. The van der Waals surface area contributed by atoms with Gasteiger partial charge in [0.25, 0.3) is 5.92 Å². The lowest BCUT2D eigenvalue weighted by molar-refractivity contribution is -0.137. The molecule has 1 aromatic rings. The van der Waals surface area contributed by atoms with E-state index in [9.17, 15) is 13.6 Å². The van der Waals surface area contributed by atoms with Crippen molar-refractivity contribution in [2.24, 2.45) is 5.73 Å². The van der Waals surface area contributed by atoms with E-state index in [1.807, 2.05) is 0 Å². The molecule has 1 aromatic carbocycles. The van der Waals surface area contributed by atoms with Crippen LogP contribution in [0.15, 0.2) is 18.2 Å². The lowest BCUT2D eigenvalue weighted by atomic mass is 10.00. The highest BCUT2D eigenvalue weighted by Crippen LogP contribution is 2.32. The summed E-state index contributed by atoms with van der Waals surface area (Å²) in [6, 6.07) is 3.26. The second-order valence-corrected chi connectivity index (χ2v) is 4.57. The molecule has 3 N–H and O–H groups in total. The van der Waals surface area contributed by atoms with Crippen LogP contribution in [0.2, 0.25) is 5.02 Å². The molecule has 0 spiro atoms. The summed E-state index contributed by atoms with van der Waals surface area (Å²) >= 11 is 5.88. The van der Waals surface area contributed by atoms with Gasteiger partial charge in [-0.15, -0.1) is 0 Å². The van der Waals surface area contributed by atoms with Crippen LogP contribution in [0.1, 0.15) is 36.9 Å². The minimum atomic E-state index is -2.96. The average molecular weight is 278 g/mol. The first kappa shape index (κ1) is 14.9. The molecule has 18 heavy (non-hydrogen) atoms. The second-order valence-electron chi connectivity index (χ2n) is 4.16. The molecule has 3 nitrogen and oxygen atoms in total. The molecule has 1 atom stereocenters. The van der Waals surface area contributed by atoms with E-state index in [1.165, 1.54) is 12.1 Å². The Kier molecular flexibility index (Phi) is 4.65. The van der Waals surface area contributed by atoms with Gasteiger partial charge < -0.3 is 10.8 Å². The third kappa shape index (κ3) is 3.92. The quantitative estimate of drug-likeness (QED) is 0.868. The summed E-state index contributed by atoms with van der Waals surface area (Å²) in [5.74, 6) is -3.92. The normalized spacial score (nSPS) is 13.4. The number of carbonyl (C=O) groups is 1. The molecule has 100 valence electrons. The number of carboxylic acid groups (broad SMARTS) is 1. The van der Waals surface area contributed by atoms with Gasteiger partial charge in [-0.05, 0) is 18.1 Å². The lowest BCUT2D eigenvalue weighted by Crippen LogP contribution is -2.14. The summed E-state index contributed by atoms with van der Waals surface area (Å²) < 4.78 is 26.1. The molecule has 0 saturated carbocycles. The van der Waals surface area contributed by atoms with Crippen molar-refractivity contribution in [2.45, 2.75) is 31.7 Å². The van der Waals surface area contributed by atoms with E-state index >= 15 is 0 Å². The minimum absolute atomic E-state index is 0.0941. The first-order chi connectivity index (χ1) is 8.21. The van der Waals surface area contributed by atoms with Crippen molar-refractivity contribution in [3.05, 3.63) is 34.3 Å². The van der Waals surface area contributed by atoms with Gasteiger partial charge in [-0.3, -0.25) is 4.79 Å². The molecule has 1 unspecified atom stereocenters. The highest BCUT2D eigenvalue weighted by Gasteiger charge is 2.25. The number of alkyl halides is 2. The van der Waals surface area contributed by atoms with Gasteiger partial charge in [0.2, 0.25) is 0 Å². The Morgan fingerprint density at radius 2 is 2.17 bits per heavy atom. The van der Waals surface area contributed by atoms with Crippen molar-refractivity contribution in [3.8, 4) is 0 Å². The monoisotopic (exact) mass is 277 g/mol. The van der Waals surface area contributed by atoms with Gasteiger partial charge in [-0.2, -0.15) is 0 Å². The summed E-state index contributed by atoms with van der Waals surface area (Å²) in [4.78, 5) is 10.4. The SMILES string of the molecule is CC(F)(F)c1ccc(C(N)CCC(=O)O)c(Cl)c1. The minimum Gasteiger partial charge on any atom is -0.481 e. The van der Waals surface area contributed by atoms with Crippen LogP contribution in [0.25, 0.3) is 0 Å². The van der Waals surface area contributed by atoms with E-state index in [1.54, 1.807) is 0 Å². The number of carboxylic acids is 1. The maximum atomic E-state index is 13.1. The number of nitrogens with two attached hydrogens (primary N) is 1. The van der Waals surface area contributed by atoms with E-state index in [0.717, 1.165) is 13.0 Å². The Morgan fingerprint density at radius 1 is 1.56 bits per heavy atom. The van der Waals surface area contributed by atoms with Crippen molar-refractivity contribution >= 4 is 17.6 Å². The highest BCUT2D eigenvalue weighted by molar-refractivity contribution is 6.31. The molecule has 0 amide bonds. The summed E-state index contributed by atoms with van der Waals surface area (Å²) in [6.45, 7) is 0.780. The second kappa shape index (κ2) is 5.63. The molecule has 6 heteroatoms. The lowest BCUT2D eigenvalue weighted by Gasteiger charge is -2.16. The van der Waals surface area contributed by atoms with Gasteiger partial charge in [-0.1, -0.05) is 23.7 Å². The smallest absolute Gasteiger partial charge is 0.303 e. The fourth-order valence-corrected chi connectivity index (χ4v) is 1.86. The van der Waals surface area contributed by atoms with E-state index < -0.39 is 17.9 Å². The van der Waals surface area contributed by atoms with Crippen molar-refractivity contribution in [2.75, 3.05) is 0 Å². The summed E-state index contributed by atoms with van der Waals surface area (Å²) in [7, 11) is 0. The van der Waals surface area contributed by atoms with Gasteiger partial charge in [0.1, 0.15) is 0 Å². The number of aliphatic carboxylic acids is 1. The fraction of sp³-hybridized carbons (Fsp3) is 0.417. The topological polar surface area (TPSA) is 63.3 Å². The molecule has 0 radical (unpaired) electrons. The van der Waals surface area contributed by atoms with E-state index in [0.29, 0.717) is 5.56 Å². The Balaban J connectivity index is 2.88. The number of benzene rings is 1. The molecular formula is C12H14ClF2NO2. The van der Waals surface area contributed by atoms with Crippen molar-refractivity contribution in [3.63, 3.8) is 0 Å². The van der Waals surface area contributed by atoms with Gasteiger partial charge in [0, 0.05) is 30.0 Å². The van der Waals surface area contributed by atoms with Crippen LogP contribution in [-0.4, -0.2) is 11.1 Å². The molecule has 0 aromatic heterocycles. The Bertz CT molecular complexity index is 446. The predicted octanol–water partition coefficient (Wildman–Crippen LogP) is 3.32. The summed E-state index contributed by atoms with van der Waals surface area (Å²) in [6.07, 6.45) is 0.111. The number of rotatable bonds is 5. The summed E-state index contributed by atoms with van der Waals surface area (Å²) in [5, 5.41) is 8.67. The third-order valence-corrected chi connectivity index (χ3v) is 2.90. The van der Waals surface area contributed by atoms with E-state index in [4.69, 9.17) is 22.4 Å². The molecule has 0 aliphatic carbocycles. The Morgan fingerprint density at radius 3 is 2.61 bits per heavy atom. The van der Waals surface area contributed by atoms with Gasteiger partial charge in [-0.25, -0.2) is 8.78 Å². The van der Waals surface area contributed by atoms with E-state index in [-0.39, 0.29) is 23.4 Å². The van der Waals surface area contributed by atoms with Crippen molar-refractivity contribution in [1.82, 2.24) is 0 Å². The molecule has 0 aliphatic rings. The van der Waals surface area contributed by atoms with Crippen molar-refractivity contribution in [1.29, 1.82) is 0 Å².